The lowest BCUT2D eigenvalue weighted by atomic mass is 10.0. The van der Waals surface area contributed by atoms with Crippen molar-refractivity contribution >= 4 is 5.57 Å². The van der Waals surface area contributed by atoms with Crippen molar-refractivity contribution in [2.45, 2.75) is 19.8 Å². The summed E-state index contributed by atoms with van der Waals surface area (Å²) in [5.41, 5.74) is 8.10. The molecule has 0 fully saturated rings. The van der Waals surface area contributed by atoms with Gasteiger partial charge in [0.05, 0.1) is 7.11 Å². The first-order chi connectivity index (χ1) is 7.31. The molecule has 0 amide bonds. The lowest BCUT2D eigenvalue weighted by Gasteiger charge is -2.06. The topological polar surface area (TPSA) is 35.2 Å². The summed E-state index contributed by atoms with van der Waals surface area (Å²) in [6.45, 7) is 2.87. The van der Waals surface area contributed by atoms with Crippen molar-refractivity contribution in [3.05, 3.63) is 35.9 Å². The number of benzene rings is 1. The van der Waals surface area contributed by atoms with Crippen LogP contribution in [0.2, 0.25) is 0 Å². The van der Waals surface area contributed by atoms with Gasteiger partial charge in [-0.1, -0.05) is 25.1 Å². The van der Waals surface area contributed by atoms with Crippen molar-refractivity contribution in [1.29, 1.82) is 0 Å². The van der Waals surface area contributed by atoms with Gasteiger partial charge in [0, 0.05) is 0 Å². The minimum atomic E-state index is 0.708. The minimum absolute atomic E-state index is 0.708. The van der Waals surface area contributed by atoms with Crippen LogP contribution < -0.4 is 10.5 Å². The van der Waals surface area contributed by atoms with Gasteiger partial charge in [-0.3, -0.25) is 0 Å². The second kappa shape index (κ2) is 6.25. The van der Waals surface area contributed by atoms with Crippen molar-refractivity contribution in [3.8, 4) is 5.75 Å². The largest absolute Gasteiger partial charge is 0.497 e. The Morgan fingerprint density at radius 2 is 2.00 bits per heavy atom. The zero-order valence-corrected chi connectivity index (χ0v) is 9.49. The summed E-state index contributed by atoms with van der Waals surface area (Å²) in [4.78, 5) is 0. The van der Waals surface area contributed by atoms with Crippen molar-refractivity contribution in [3.63, 3.8) is 0 Å². The summed E-state index contributed by atoms with van der Waals surface area (Å²) >= 11 is 0. The SMILES string of the molecule is CCC(=CCCN)c1ccc(OC)cc1. The minimum Gasteiger partial charge on any atom is -0.497 e. The quantitative estimate of drug-likeness (QED) is 0.802. The molecule has 82 valence electrons. The highest BCUT2D eigenvalue weighted by molar-refractivity contribution is 5.65. The molecule has 2 heteroatoms. The van der Waals surface area contributed by atoms with Gasteiger partial charge in [0.15, 0.2) is 0 Å². The Labute approximate surface area is 91.7 Å². The van der Waals surface area contributed by atoms with Crippen LogP contribution in [0.3, 0.4) is 0 Å². The van der Waals surface area contributed by atoms with Crippen LogP contribution in [0.1, 0.15) is 25.3 Å². The molecular weight excluding hydrogens is 186 g/mol. The van der Waals surface area contributed by atoms with Gasteiger partial charge in [-0.05, 0) is 42.7 Å². The summed E-state index contributed by atoms with van der Waals surface area (Å²) < 4.78 is 5.12. The maximum Gasteiger partial charge on any atom is 0.118 e. The second-order valence-electron chi connectivity index (χ2n) is 3.39. The zero-order chi connectivity index (χ0) is 11.1. The first kappa shape index (κ1) is 11.8. The Balaban J connectivity index is 2.83. The van der Waals surface area contributed by atoms with Gasteiger partial charge in [0.2, 0.25) is 0 Å². The lowest BCUT2D eigenvalue weighted by molar-refractivity contribution is 0.415. The molecule has 1 rings (SSSR count). The van der Waals surface area contributed by atoms with Crippen LogP contribution in [0.25, 0.3) is 5.57 Å². The van der Waals surface area contributed by atoms with Gasteiger partial charge < -0.3 is 10.5 Å². The third-order valence-electron chi connectivity index (χ3n) is 2.40. The molecule has 1 aromatic carbocycles. The van der Waals surface area contributed by atoms with E-state index in [1.54, 1.807) is 7.11 Å². The molecule has 2 nitrogen and oxygen atoms in total. The van der Waals surface area contributed by atoms with E-state index in [0.717, 1.165) is 18.6 Å². The Bertz CT molecular complexity index is 314. The Morgan fingerprint density at radius 3 is 2.47 bits per heavy atom. The highest BCUT2D eigenvalue weighted by Crippen LogP contribution is 2.21. The third kappa shape index (κ3) is 3.40. The molecule has 0 aliphatic carbocycles. The van der Waals surface area contributed by atoms with E-state index in [4.69, 9.17) is 10.5 Å². The number of ether oxygens (including phenoxy) is 1. The van der Waals surface area contributed by atoms with Crippen LogP contribution in [-0.4, -0.2) is 13.7 Å². The molecule has 15 heavy (non-hydrogen) atoms. The molecule has 0 aromatic heterocycles. The second-order valence-corrected chi connectivity index (χ2v) is 3.39. The Hall–Kier alpha value is -1.28. The van der Waals surface area contributed by atoms with Crippen molar-refractivity contribution in [1.82, 2.24) is 0 Å². The van der Waals surface area contributed by atoms with Crippen LogP contribution in [0.15, 0.2) is 30.3 Å². The van der Waals surface area contributed by atoms with E-state index in [1.807, 2.05) is 12.1 Å². The fourth-order valence-corrected chi connectivity index (χ4v) is 1.53. The van der Waals surface area contributed by atoms with Gasteiger partial charge in [0.25, 0.3) is 0 Å². The van der Waals surface area contributed by atoms with Crippen LogP contribution in [-0.2, 0) is 0 Å². The van der Waals surface area contributed by atoms with E-state index in [0.29, 0.717) is 6.54 Å². The number of methoxy groups -OCH3 is 1. The molecule has 0 aliphatic heterocycles. The lowest BCUT2D eigenvalue weighted by Crippen LogP contribution is -1.96. The number of hydrogen-bond acceptors (Lipinski definition) is 2. The average molecular weight is 205 g/mol. The van der Waals surface area contributed by atoms with Crippen molar-refractivity contribution in [2.75, 3.05) is 13.7 Å². The molecule has 0 unspecified atom stereocenters. The van der Waals surface area contributed by atoms with Crippen LogP contribution in [0.5, 0.6) is 5.75 Å². The first-order valence-corrected chi connectivity index (χ1v) is 5.35. The number of hydrogen-bond donors (Lipinski definition) is 1. The summed E-state index contributed by atoms with van der Waals surface area (Å²) in [5.74, 6) is 0.896. The first-order valence-electron chi connectivity index (χ1n) is 5.35. The molecule has 2 N–H and O–H groups in total. The van der Waals surface area contributed by atoms with Crippen LogP contribution in [0, 0.1) is 0 Å². The van der Waals surface area contributed by atoms with Crippen molar-refractivity contribution in [2.24, 2.45) is 5.73 Å². The molecule has 0 atom stereocenters. The van der Waals surface area contributed by atoms with E-state index >= 15 is 0 Å². The van der Waals surface area contributed by atoms with Crippen LogP contribution in [0.4, 0.5) is 0 Å². The number of rotatable bonds is 5. The standard InChI is InChI=1S/C13H19NO/c1-3-11(5-4-10-14)12-6-8-13(15-2)9-7-12/h5-9H,3-4,10,14H2,1-2H3. The normalized spacial score (nSPS) is 11.5. The predicted octanol–water partition coefficient (Wildman–Crippen LogP) is 2.84. The number of nitrogens with two attached hydrogens (primary N) is 1. The van der Waals surface area contributed by atoms with Gasteiger partial charge in [0.1, 0.15) is 5.75 Å². The van der Waals surface area contributed by atoms with E-state index in [1.165, 1.54) is 11.1 Å². The van der Waals surface area contributed by atoms with Gasteiger partial charge >= 0.3 is 0 Å². The third-order valence-corrected chi connectivity index (χ3v) is 2.40. The molecule has 1 aromatic rings. The maximum absolute atomic E-state index is 5.49. The van der Waals surface area contributed by atoms with Crippen molar-refractivity contribution < 1.29 is 4.74 Å². The zero-order valence-electron chi connectivity index (χ0n) is 9.49. The molecular formula is C13H19NO. The fourth-order valence-electron chi connectivity index (χ4n) is 1.53. The summed E-state index contributed by atoms with van der Waals surface area (Å²) in [5, 5.41) is 0. The smallest absolute Gasteiger partial charge is 0.118 e. The molecule has 0 saturated carbocycles. The monoisotopic (exact) mass is 205 g/mol. The van der Waals surface area contributed by atoms with Gasteiger partial charge in [-0.25, -0.2) is 0 Å². The highest BCUT2D eigenvalue weighted by Gasteiger charge is 1.98. The van der Waals surface area contributed by atoms with E-state index in [-0.39, 0.29) is 0 Å². The fraction of sp³-hybridized carbons (Fsp3) is 0.385. The van der Waals surface area contributed by atoms with E-state index < -0.39 is 0 Å². The number of allylic oxidation sites excluding steroid dienone is 1. The predicted molar refractivity (Wildman–Crippen MR) is 64.9 cm³/mol. The van der Waals surface area contributed by atoms with E-state index in [9.17, 15) is 0 Å². The molecule has 0 spiro atoms. The molecule has 0 saturated heterocycles. The van der Waals surface area contributed by atoms with Crippen LogP contribution >= 0.6 is 0 Å². The summed E-state index contributed by atoms with van der Waals surface area (Å²) in [7, 11) is 1.68. The summed E-state index contributed by atoms with van der Waals surface area (Å²) in [6, 6.07) is 8.15. The van der Waals surface area contributed by atoms with Gasteiger partial charge in [-0.15, -0.1) is 0 Å². The molecule has 0 bridgehead atoms. The molecule has 0 heterocycles. The average Bonchev–Trinajstić information content (AvgIpc) is 2.31. The Kier molecular flexibility index (Phi) is 4.91. The summed E-state index contributed by atoms with van der Waals surface area (Å²) in [6.07, 6.45) is 4.18. The Morgan fingerprint density at radius 1 is 1.33 bits per heavy atom. The van der Waals surface area contributed by atoms with E-state index in [2.05, 4.69) is 25.1 Å². The molecule has 0 radical (unpaired) electrons. The highest BCUT2D eigenvalue weighted by atomic mass is 16.5. The van der Waals surface area contributed by atoms with Gasteiger partial charge in [-0.2, -0.15) is 0 Å². The maximum atomic E-state index is 5.49. The molecule has 0 aliphatic rings.